The number of benzene rings is 2. The molecule has 1 nitrogen and oxygen atoms in total. The fourth-order valence-electron chi connectivity index (χ4n) is 2.27. The average molecular weight is 240 g/mol. The van der Waals surface area contributed by atoms with Crippen molar-refractivity contribution >= 4 is 21.9 Å². The molecule has 0 N–H and O–H groups in total. The zero-order valence-corrected chi connectivity index (χ0v) is 11.4. The number of fused-ring (bicyclic) bond motifs is 3. The van der Waals surface area contributed by atoms with Gasteiger partial charge in [0, 0.05) is 10.8 Å². The van der Waals surface area contributed by atoms with Crippen LogP contribution in [0.4, 0.5) is 0 Å². The summed E-state index contributed by atoms with van der Waals surface area (Å²) >= 11 is 0. The molecular weight excluding hydrogens is 220 g/mol. The SMILES string of the molecule is CC.CCCc1cccc2c1oc1ccccc12. The summed E-state index contributed by atoms with van der Waals surface area (Å²) in [5.74, 6) is 0. The fourth-order valence-corrected chi connectivity index (χ4v) is 2.27. The highest BCUT2D eigenvalue weighted by Crippen LogP contribution is 2.30. The largest absolute Gasteiger partial charge is 0.456 e. The summed E-state index contributed by atoms with van der Waals surface area (Å²) in [5.41, 5.74) is 3.36. The minimum absolute atomic E-state index is 0.987. The maximum Gasteiger partial charge on any atom is 0.138 e. The van der Waals surface area contributed by atoms with Crippen LogP contribution < -0.4 is 0 Å². The second kappa shape index (κ2) is 5.72. The Morgan fingerprint density at radius 2 is 1.61 bits per heavy atom. The van der Waals surface area contributed by atoms with Gasteiger partial charge in [-0.25, -0.2) is 0 Å². The Balaban J connectivity index is 0.000000574. The molecule has 0 aliphatic rings. The van der Waals surface area contributed by atoms with Crippen molar-refractivity contribution in [1.82, 2.24) is 0 Å². The van der Waals surface area contributed by atoms with Crippen LogP contribution in [0.2, 0.25) is 0 Å². The van der Waals surface area contributed by atoms with E-state index in [-0.39, 0.29) is 0 Å². The Bertz CT molecular complexity index is 634. The number of rotatable bonds is 2. The van der Waals surface area contributed by atoms with Crippen molar-refractivity contribution in [2.75, 3.05) is 0 Å². The molecule has 2 aromatic carbocycles. The lowest BCUT2D eigenvalue weighted by Crippen LogP contribution is -1.82. The van der Waals surface area contributed by atoms with Crippen LogP contribution in [0.3, 0.4) is 0 Å². The quantitative estimate of drug-likeness (QED) is 0.571. The minimum atomic E-state index is 0.987. The summed E-state index contributed by atoms with van der Waals surface area (Å²) in [4.78, 5) is 0. The Morgan fingerprint density at radius 3 is 2.39 bits per heavy atom. The molecule has 94 valence electrons. The molecule has 0 radical (unpaired) electrons. The van der Waals surface area contributed by atoms with E-state index in [9.17, 15) is 0 Å². The number of hydrogen-bond donors (Lipinski definition) is 0. The summed E-state index contributed by atoms with van der Waals surface area (Å²) < 4.78 is 5.94. The lowest BCUT2D eigenvalue weighted by molar-refractivity contribution is 0.661. The van der Waals surface area contributed by atoms with Crippen LogP contribution in [0, 0.1) is 0 Å². The Kier molecular flexibility index (Phi) is 4.03. The van der Waals surface area contributed by atoms with Crippen molar-refractivity contribution < 1.29 is 4.42 Å². The van der Waals surface area contributed by atoms with Crippen LogP contribution in [0.1, 0.15) is 32.8 Å². The standard InChI is InChI=1S/C15H14O.C2H6/c1-2-6-11-7-5-9-13-12-8-3-4-10-14(12)16-15(11)13;1-2/h3-5,7-10H,2,6H2,1H3;1-2H3. The summed E-state index contributed by atoms with van der Waals surface area (Å²) in [5, 5.41) is 2.46. The van der Waals surface area contributed by atoms with Crippen LogP contribution >= 0.6 is 0 Å². The Hall–Kier alpha value is -1.76. The molecule has 3 rings (SSSR count). The van der Waals surface area contributed by atoms with E-state index in [1.165, 1.54) is 16.3 Å². The second-order valence-corrected chi connectivity index (χ2v) is 4.14. The first-order valence-corrected chi connectivity index (χ1v) is 6.79. The van der Waals surface area contributed by atoms with Crippen molar-refractivity contribution in [1.29, 1.82) is 0 Å². The predicted molar refractivity (Wildman–Crippen MR) is 79.1 cm³/mol. The first kappa shape index (κ1) is 12.7. The zero-order valence-electron chi connectivity index (χ0n) is 11.4. The van der Waals surface area contributed by atoms with Gasteiger partial charge in [-0.05, 0) is 18.1 Å². The molecule has 0 amide bonds. The zero-order chi connectivity index (χ0) is 13.0. The van der Waals surface area contributed by atoms with E-state index in [1.807, 2.05) is 26.0 Å². The second-order valence-electron chi connectivity index (χ2n) is 4.14. The van der Waals surface area contributed by atoms with E-state index in [2.05, 4.69) is 37.3 Å². The first-order chi connectivity index (χ1) is 8.90. The molecule has 0 saturated heterocycles. The molecule has 1 aromatic heterocycles. The summed E-state index contributed by atoms with van der Waals surface area (Å²) in [6.07, 6.45) is 2.23. The van der Waals surface area contributed by atoms with E-state index >= 15 is 0 Å². The number of hydrogen-bond acceptors (Lipinski definition) is 1. The highest BCUT2D eigenvalue weighted by molar-refractivity contribution is 6.05. The van der Waals surface area contributed by atoms with Crippen molar-refractivity contribution in [3.63, 3.8) is 0 Å². The van der Waals surface area contributed by atoms with Crippen molar-refractivity contribution in [3.05, 3.63) is 48.0 Å². The predicted octanol–water partition coefficient (Wildman–Crippen LogP) is 5.56. The lowest BCUT2D eigenvalue weighted by Gasteiger charge is -1.98. The third kappa shape index (κ3) is 2.13. The molecule has 1 heteroatoms. The third-order valence-electron chi connectivity index (χ3n) is 3.01. The third-order valence-corrected chi connectivity index (χ3v) is 3.01. The van der Waals surface area contributed by atoms with Crippen LogP contribution in [0.5, 0.6) is 0 Å². The van der Waals surface area contributed by atoms with Gasteiger partial charge >= 0.3 is 0 Å². The van der Waals surface area contributed by atoms with Crippen molar-refractivity contribution in [2.24, 2.45) is 0 Å². The van der Waals surface area contributed by atoms with Crippen molar-refractivity contribution in [2.45, 2.75) is 33.6 Å². The van der Waals surface area contributed by atoms with E-state index in [0.717, 1.165) is 24.0 Å². The Morgan fingerprint density at radius 1 is 0.889 bits per heavy atom. The van der Waals surface area contributed by atoms with Crippen LogP contribution in [-0.2, 0) is 6.42 Å². The maximum atomic E-state index is 5.94. The van der Waals surface area contributed by atoms with Gasteiger partial charge < -0.3 is 4.42 Å². The number of para-hydroxylation sites is 2. The molecule has 0 fully saturated rings. The van der Waals surface area contributed by atoms with E-state index in [1.54, 1.807) is 0 Å². The molecule has 0 bridgehead atoms. The molecule has 0 saturated carbocycles. The average Bonchev–Trinajstić information content (AvgIpc) is 2.81. The van der Waals surface area contributed by atoms with Crippen LogP contribution in [0.25, 0.3) is 21.9 Å². The van der Waals surface area contributed by atoms with Crippen molar-refractivity contribution in [3.8, 4) is 0 Å². The van der Waals surface area contributed by atoms with Gasteiger partial charge in [-0.15, -0.1) is 0 Å². The van der Waals surface area contributed by atoms with E-state index in [4.69, 9.17) is 4.42 Å². The maximum absolute atomic E-state index is 5.94. The van der Waals surface area contributed by atoms with Gasteiger partial charge in [0.05, 0.1) is 0 Å². The van der Waals surface area contributed by atoms with Gasteiger partial charge in [0.2, 0.25) is 0 Å². The summed E-state index contributed by atoms with van der Waals surface area (Å²) in [7, 11) is 0. The molecule has 1 heterocycles. The molecule has 18 heavy (non-hydrogen) atoms. The minimum Gasteiger partial charge on any atom is -0.456 e. The first-order valence-electron chi connectivity index (χ1n) is 6.79. The van der Waals surface area contributed by atoms with Gasteiger partial charge in [0.1, 0.15) is 11.2 Å². The number of aryl methyl sites for hydroxylation is 1. The summed E-state index contributed by atoms with van der Waals surface area (Å²) in [6, 6.07) is 14.7. The van der Waals surface area contributed by atoms with Gasteiger partial charge in [0.25, 0.3) is 0 Å². The van der Waals surface area contributed by atoms with Gasteiger partial charge in [-0.2, -0.15) is 0 Å². The van der Waals surface area contributed by atoms with Gasteiger partial charge in [0.15, 0.2) is 0 Å². The molecule has 0 aliphatic heterocycles. The van der Waals surface area contributed by atoms with E-state index in [0.29, 0.717) is 0 Å². The number of furan rings is 1. The van der Waals surface area contributed by atoms with E-state index < -0.39 is 0 Å². The van der Waals surface area contributed by atoms with Crippen LogP contribution in [-0.4, -0.2) is 0 Å². The highest BCUT2D eigenvalue weighted by Gasteiger charge is 2.08. The summed E-state index contributed by atoms with van der Waals surface area (Å²) in [6.45, 7) is 6.20. The van der Waals surface area contributed by atoms with Crippen LogP contribution in [0.15, 0.2) is 46.9 Å². The van der Waals surface area contributed by atoms with Gasteiger partial charge in [-0.1, -0.05) is 63.6 Å². The lowest BCUT2D eigenvalue weighted by atomic mass is 10.1. The topological polar surface area (TPSA) is 13.1 Å². The Labute approximate surface area is 108 Å². The molecule has 0 atom stereocenters. The molecule has 0 spiro atoms. The molecule has 0 unspecified atom stereocenters. The monoisotopic (exact) mass is 240 g/mol. The smallest absolute Gasteiger partial charge is 0.138 e. The fraction of sp³-hybridized carbons (Fsp3) is 0.294. The molecular formula is C17H20O. The molecule has 3 aromatic rings. The molecule has 0 aliphatic carbocycles. The normalized spacial score (nSPS) is 10.4. The highest BCUT2D eigenvalue weighted by atomic mass is 16.3. The van der Waals surface area contributed by atoms with Gasteiger partial charge in [-0.3, -0.25) is 0 Å².